The SMILES string of the molecule is O=S(=O)(Oc1ccccc1Sc1ccccc1)c1c(F)c(F)c(F)c(F)c1F. The zero-order valence-corrected chi connectivity index (χ0v) is 15.3. The van der Waals surface area contributed by atoms with E-state index in [1.165, 1.54) is 18.2 Å². The summed E-state index contributed by atoms with van der Waals surface area (Å²) in [5.74, 6) is -12.6. The maximum atomic E-state index is 13.9. The largest absolute Gasteiger partial charge is 0.378 e. The van der Waals surface area contributed by atoms with E-state index in [9.17, 15) is 30.4 Å². The Kier molecular flexibility index (Phi) is 5.61. The first-order valence-corrected chi connectivity index (χ1v) is 9.72. The topological polar surface area (TPSA) is 43.4 Å². The van der Waals surface area contributed by atoms with E-state index >= 15 is 0 Å². The summed E-state index contributed by atoms with van der Waals surface area (Å²) in [7, 11) is -5.36. The predicted octanol–water partition coefficient (Wildman–Crippen LogP) is 5.30. The fourth-order valence-corrected chi connectivity index (χ4v) is 4.22. The molecule has 3 aromatic carbocycles. The van der Waals surface area contributed by atoms with Gasteiger partial charge in [-0.3, -0.25) is 0 Å². The van der Waals surface area contributed by atoms with E-state index in [0.717, 1.165) is 11.8 Å². The Bertz CT molecular complexity index is 1110. The van der Waals surface area contributed by atoms with E-state index in [2.05, 4.69) is 0 Å². The fraction of sp³-hybridized carbons (Fsp3) is 0. The van der Waals surface area contributed by atoms with Crippen molar-refractivity contribution in [2.24, 2.45) is 0 Å². The van der Waals surface area contributed by atoms with Crippen molar-refractivity contribution in [2.75, 3.05) is 0 Å². The molecule has 0 aromatic heterocycles. The number of benzene rings is 3. The molecule has 0 saturated carbocycles. The first kappa shape index (κ1) is 20.2. The molecule has 0 aliphatic rings. The number of hydrogen-bond acceptors (Lipinski definition) is 4. The van der Waals surface area contributed by atoms with Crippen molar-refractivity contribution >= 4 is 21.9 Å². The summed E-state index contributed by atoms with van der Waals surface area (Å²) in [5, 5.41) is 0. The van der Waals surface area contributed by atoms with Crippen LogP contribution in [-0.2, 0) is 10.1 Å². The van der Waals surface area contributed by atoms with E-state index in [1.807, 2.05) is 0 Å². The van der Waals surface area contributed by atoms with Gasteiger partial charge >= 0.3 is 10.1 Å². The number of para-hydroxylation sites is 1. The molecule has 3 rings (SSSR count). The lowest BCUT2D eigenvalue weighted by molar-refractivity contribution is 0.352. The van der Waals surface area contributed by atoms with Gasteiger partial charge in [-0.05, 0) is 24.3 Å². The van der Waals surface area contributed by atoms with Crippen LogP contribution in [0.2, 0.25) is 0 Å². The summed E-state index contributed by atoms with van der Waals surface area (Å²) in [4.78, 5) is -1.10. The van der Waals surface area contributed by atoms with Crippen LogP contribution < -0.4 is 4.18 Å². The molecule has 0 aliphatic heterocycles. The maximum Gasteiger partial charge on any atom is 0.345 e. The highest BCUT2D eigenvalue weighted by atomic mass is 32.2. The first-order valence-electron chi connectivity index (χ1n) is 7.50. The van der Waals surface area contributed by atoms with Gasteiger partial charge in [0.1, 0.15) is 0 Å². The quantitative estimate of drug-likeness (QED) is 0.238. The standard InChI is InChI=1S/C18H9F5O3S2/c19-13-14(20)16(22)18(17(23)15(13)21)28(24,25)26-11-8-4-5-9-12(11)27-10-6-2-1-3-7-10/h1-9H. The summed E-state index contributed by atoms with van der Waals surface area (Å²) in [6.45, 7) is 0. The number of rotatable bonds is 5. The minimum Gasteiger partial charge on any atom is -0.378 e. The van der Waals surface area contributed by atoms with Crippen molar-refractivity contribution in [2.45, 2.75) is 14.7 Å². The molecule has 0 atom stereocenters. The minimum atomic E-state index is -5.36. The second kappa shape index (κ2) is 7.80. The van der Waals surface area contributed by atoms with Crippen molar-refractivity contribution in [1.29, 1.82) is 0 Å². The smallest absolute Gasteiger partial charge is 0.345 e. The van der Waals surface area contributed by atoms with Crippen molar-refractivity contribution in [3.05, 3.63) is 83.7 Å². The monoisotopic (exact) mass is 432 g/mol. The summed E-state index contributed by atoms with van der Waals surface area (Å²) < 4.78 is 96.9. The number of hydrogen-bond donors (Lipinski definition) is 0. The molecule has 3 nitrogen and oxygen atoms in total. The van der Waals surface area contributed by atoms with Crippen LogP contribution in [0.4, 0.5) is 22.0 Å². The van der Waals surface area contributed by atoms with E-state index < -0.39 is 44.1 Å². The molecular weight excluding hydrogens is 423 g/mol. The Morgan fingerprint density at radius 1 is 0.679 bits per heavy atom. The lowest BCUT2D eigenvalue weighted by Gasteiger charge is -2.13. The highest BCUT2D eigenvalue weighted by molar-refractivity contribution is 7.99. The van der Waals surface area contributed by atoms with Crippen LogP contribution in [0, 0.1) is 29.1 Å². The molecule has 0 saturated heterocycles. The summed E-state index contributed by atoms with van der Waals surface area (Å²) in [5.41, 5.74) is 0. The normalized spacial score (nSPS) is 11.5. The molecule has 0 aliphatic carbocycles. The van der Waals surface area contributed by atoms with Crippen LogP contribution in [0.15, 0.2) is 69.3 Å². The minimum absolute atomic E-state index is 0.251. The lowest BCUT2D eigenvalue weighted by atomic mass is 10.3. The highest BCUT2D eigenvalue weighted by Gasteiger charge is 2.35. The molecule has 10 heteroatoms. The van der Waals surface area contributed by atoms with Crippen molar-refractivity contribution in [3.8, 4) is 5.75 Å². The molecular formula is C18H9F5O3S2. The molecule has 0 bridgehead atoms. The van der Waals surface area contributed by atoms with E-state index in [4.69, 9.17) is 4.18 Å². The van der Waals surface area contributed by atoms with Gasteiger partial charge in [0.25, 0.3) is 0 Å². The van der Waals surface area contributed by atoms with Gasteiger partial charge in [-0.25, -0.2) is 22.0 Å². The molecule has 0 spiro atoms. The molecule has 3 aromatic rings. The van der Waals surface area contributed by atoms with Crippen molar-refractivity contribution < 1.29 is 34.6 Å². The third-order valence-corrected chi connectivity index (χ3v) is 5.76. The Labute approximate surface area is 160 Å². The molecule has 0 radical (unpaired) electrons. The van der Waals surface area contributed by atoms with Gasteiger partial charge in [0.05, 0.1) is 4.90 Å². The summed E-state index contributed by atoms with van der Waals surface area (Å²) >= 11 is 1.08. The third-order valence-electron chi connectivity index (χ3n) is 3.44. The first-order chi connectivity index (χ1) is 13.2. The van der Waals surface area contributed by atoms with Crippen LogP contribution in [0.1, 0.15) is 0 Å². The Morgan fingerprint density at radius 3 is 1.79 bits per heavy atom. The molecule has 28 heavy (non-hydrogen) atoms. The van der Waals surface area contributed by atoms with Crippen LogP contribution in [0.3, 0.4) is 0 Å². The van der Waals surface area contributed by atoms with Gasteiger partial charge in [-0.2, -0.15) is 8.42 Å². The van der Waals surface area contributed by atoms with Crippen LogP contribution >= 0.6 is 11.8 Å². The molecule has 0 amide bonds. The average Bonchev–Trinajstić information content (AvgIpc) is 2.67. The molecule has 146 valence electrons. The van der Waals surface area contributed by atoms with Gasteiger partial charge < -0.3 is 4.18 Å². The Morgan fingerprint density at radius 2 is 1.18 bits per heavy atom. The summed E-state index contributed by atoms with van der Waals surface area (Å²) in [6, 6.07) is 14.3. The zero-order chi connectivity index (χ0) is 20.5. The lowest BCUT2D eigenvalue weighted by Crippen LogP contribution is -2.17. The maximum absolute atomic E-state index is 13.9. The van der Waals surface area contributed by atoms with Gasteiger partial charge in [0, 0.05) is 4.90 Å². The number of halogens is 5. The van der Waals surface area contributed by atoms with Gasteiger partial charge in [0.15, 0.2) is 33.9 Å². The van der Waals surface area contributed by atoms with Gasteiger partial charge in [-0.15, -0.1) is 0 Å². The average molecular weight is 432 g/mol. The predicted molar refractivity (Wildman–Crippen MR) is 91.1 cm³/mol. The van der Waals surface area contributed by atoms with Crippen molar-refractivity contribution in [3.63, 3.8) is 0 Å². The van der Waals surface area contributed by atoms with Gasteiger partial charge in [-0.1, -0.05) is 42.1 Å². The highest BCUT2D eigenvalue weighted by Crippen LogP contribution is 2.37. The van der Waals surface area contributed by atoms with Crippen LogP contribution in [0.5, 0.6) is 5.75 Å². The second-order valence-electron chi connectivity index (χ2n) is 5.30. The molecule has 0 heterocycles. The Balaban J connectivity index is 2.04. The zero-order valence-electron chi connectivity index (χ0n) is 13.6. The Hall–Kier alpha value is -2.59. The van der Waals surface area contributed by atoms with Crippen molar-refractivity contribution in [1.82, 2.24) is 0 Å². The second-order valence-corrected chi connectivity index (χ2v) is 7.90. The van der Waals surface area contributed by atoms with E-state index in [1.54, 1.807) is 36.4 Å². The van der Waals surface area contributed by atoms with Crippen LogP contribution in [0.25, 0.3) is 0 Å². The molecule has 0 N–H and O–H groups in total. The third kappa shape index (κ3) is 3.83. The van der Waals surface area contributed by atoms with E-state index in [0.29, 0.717) is 4.90 Å². The van der Waals surface area contributed by atoms with E-state index in [-0.39, 0.29) is 10.6 Å². The summed E-state index contributed by atoms with van der Waals surface area (Å²) in [6.07, 6.45) is 0. The molecule has 0 fully saturated rings. The van der Waals surface area contributed by atoms with Gasteiger partial charge in [0.2, 0.25) is 5.82 Å². The van der Waals surface area contributed by atoms with Crippen LogP contribution in [-0.4, -0.2) is 8.42 Å². The molecule has 0 unspecified atom stereocenters. The fourth-order valence-electron chi connectivity index (χ4n) is 2.18.